The van der Waals surface area contributed by atoms with E-state index in [4.69, 9.17) is 5.73 Å². The van der Waals surface area contributed by atoms with Gasteiger partial charge in [-0.1, -0.05) is 0 Å². The van der Waals surface area contributed by atoms with Gasteiger partial charge in [0.2, 0.25) is 5.91 Å². The van der Waals surface area contributed by atoms with Crippen molar-refractivity contribution in [1.29, 1.82) is 0 Å². The number of nitrogens with one attached hydrogen (secondary N) is 2. The number of nitrogens with zero attached hydrogens (tertiary/aromatic N) is 1. The molecule has 1 aliphatic rings. The van der Waals surface area contributed by atoms with Gasteiger partial charge in [0.1, 0.15) is 0 Å². The van der Waals surface area contributed by atoms with Crippen molar-refractivity contribution in [2.45, 2.75) is 58.2 Å². The Morgan fingerprint density at radius 2 is 1.79 bits per heavy atom. The Labute approximate surface area is 115 Å². The molecule has 0 atom stereocenters. The van der Waals surface area contributed by atoms with Crippen molar-refractivity contribution < 1.29 is 9.59 Å². The highest BCUT2D eigenvalue weighted by atomic mass is 16.2. The predicted molar refractivity (Wildman–Crippen MR) is 74.7 cm³/mol. The van der Waals surface area contributed by atoms with Gasteiger partial charge in [-0.2, -0.15) is 0 Å². The maximum absolute atomic E-state index is 11.8. The van der Waals surface area contributed by atoms with Gasteiger partial charge in [-0.25, -0.2) is 4.79 Å². The molecule has 0 radical (unpaired) electrons. The first-order chi connectivity index (χ1) is 8.70. The molecule has 0 unspecified atom stereocenters. The van der Waals surface area contributed by atoms with Crippen LogP contribution in [0.5, 0.6) is 0 Å². The fraction of sp³-hybridized carbons (Fsp3) is 0.846. The normalized spacial score (nSPS) is 17.5. The van der Waals surface area contributed by atoms with Crippen LogP contribution < -0.4 is 16.4 Å². The Morgan fingerprint density at radius 1 is 1.26 bits per heavy atom. The van der Waals surface area contributed by atoms with Crippen LogP contribution in [0.3, 0.4) is 0 Å². The average Bonchev–Trinajstić information content (AvgIpc) is 2.27. The SMILES string of the molecule is CC(C)NC(=O)N1CCC(NC(=O)C(C)(C)N)CC1. The number of piperidine rings is 1. The molecule has 1 aliphatic heterocycles. The molecular formula is C13H26N4O2. The topological polar surface area (TPSA) is 87.5 Å². The Kier molecular flexibility index (Phi) is 5.17. The number of hydrogen-bond acceptors (Lipinski definition) is 3. The molecule has 3 amide bonds. The molecule has 6 nitrogen and oxygen atoms in total. The molecule has 1 fully saturated rings. The maximum atomic E-state index is 11.8. The van der Waals surface area contributed by atoms with E-state index < -0.39 is 5.54 Å². The number of carbonyl (C=O) groups is 2. The lowest BCUT2D eigenvalue weighted by Crippen LogP contribution is -2.55. The van der Waals surface area contributed by atoms with Crippen LogP contribution in [0.15, 0.2) is 0 Å². The van der Waals surface area contributed by atoms with Crippen LogP contribution in [-0.2, 0) is 4.79 Å². The second-order valence-corrected chi connectivity index (χ2v) is 6.06. The van der Waals surface area contributed by atoms with Gasteiger partial charge >= 0.3 is 6.03 Å². The predicted octanol–water partition coefficient (Wildman–Crippen LogP) is 0.422. The lowest BCUT2D eigenvalue weighted by atomic mass is 10.0. The molecule has 19 heavy (non-hydrogen) atoms. The molecular weight excluding hydrogens is 244 g/mol. The lowest BCUT2D eigenvalue weighted by Gasteiger charge is -2.34. The second-order valence-electron chi connectivity index (χ2n) is 6.06. The smallest absolute Gasteiger partial charge is 0.317 e. The Morgan fingerprint density at radius 3 is 2.21 bits per heavy atom. The van der Waals surface area contributed by atoms with Crippen molar-refractivity contribution in [1.82, 2.24) is 15.5 Å². The first-order valence-electron chi connectivity index (χ1n) is 6.85. The van der Waals surface area contributed by atoms with Crippen LogP contribution in [0.25, 0.3) is 0 Å². The molecule has 0 aromatic heterocycles. The Balaban J connectivity index is 2.37. The lowest BCUT2D eigenvalue weighted by molar-refractivity contribution is -0.126. The molecule has 6 heteroatoms. The second kappa shape index (κ2) is 6.23. The zero-order valence-electron chi connectivity index (χ0n) is 12.3. The molecule has 110 valence electrons. The first kappa shape index (κ1) is 15.8. The molecule has 0 saturated carbocycles. The average molecular weight is 270 g/mol. The van der Waals surface area contributed by atoms with Gasteiger partial charge in [-0.3, -0.25) is 4.79 Å². The van der Waals surface area contributed by atoms with E-state index >= 15 is 0 Å². The first-order valence-corrected chi connectivity index (χ1v) is 6.85. The van der Waals surface area contributed by atoms with Gasteiger partial charge in [0.15, 0.2) is 0 Å². The fourth-order valence-electron chi connectivity index (χ4n) is 1.94. The van der Waals surface area contributed by atoms with Crippen LogP contribution in [-0.4, -0.2) is 47.6 Å². The minimum Gasteiger partial charge on any atom is -0.352 e. The van der Waals surface area contributed by atoms with Crippen molar-refractivity contribution in [3.05, 3.63) is 0 Å². The monoisotopic (exact) mass is 270 g/mol. The summed E-state index contributed by atoms with van der Waals surface area (Å²) in [6.45, 7) is 8.58. The van der Waals surface area contributed by atoms with E-state index in [-0.39, 0.29) is 24.0 Å². The van der Waals surface area contributed by atoms with Gasteiger partial charge in [0, 0.05) is 25.2 Å². The van der Waals surface area contributed by atoms with E-state index in [1.165, 1.54) is 0 Å². The molecule has 1 heterocycles. The minimum absolute atomic E-state index is 0.0288. The van der Waals surface area contributed by atoms with Crippen molar-refractivity contribution in [3.8, 4) is 0 Å². The third-order valence-electron chi connectivity index (χ3n) is 3.11. The molecule has 1 rings (SSSR count). The van der Waals surface area contributed by atoms with E-state index in [9.17, 15) is 9.59 Å². The summed E-state index contributed by atoms with van der Waals surface area (Å²) in [5.41, 5.74) is 4.88. The maximum Gasteiger partial charge on any atom is 0.317 e. The highest BCUT2D eigenvalue weighted by Gasteiger charge is 2.28. The largest absolute Gasteiger partial charge is 0.352 e. The highest BCUT2D eigenvalue weighted by molar-refractivity contribution is 5.85. The summed E-state index contributed by atoms with van der Waals surface area (Å²) in [5, 5.41) is 5.81. The molecule has 0 aromatic carbocycles. The van der Waals surface area contributed by atoms with Crippen LogP contribution in [0.2, 0.25) is 0 Å². The highest BCUT2D eigenvalue weighted by Crippen LogP contribution is 2.11. The van der Waals surface area contributed by atoms with Crippen LogP contribution >= 0.6 is 0 Å². The number of amides is 3. The van der Waals surface area contributed by atoms with Gasteiger partial charge in [0.05, 0.1) is 5.54 Å². The minimum atomic E-state index is -0.855. The fourth-order valence-corrected chi connectivity index (χ4v) is 1.94. The summed E-state index contributed by atoms with van der Waals surface area (Å²) < 4.78 is 0. The van der Waals surface area contributed by atoms with E-state index in [1.54, 1.807) is 18.7 Å². The number of likely N-dealkylation sites (tertiary alicyclic amines) is 1. The molecule has 0 spiro atoms. The van der Waals surface area contributed by atoms with Crippen molar-refractivity contribution in [3.63, 3.8) is 0 Å². The van der Waals surface area contributed by atoms with E-state index in [2.05, 4.69) is 10.6 Å². The summed E-state index contributed by atoms with van der Waals surface area (Å²) in [4.78, 5) is 25.4. The Hall–Kier alpha value is -1.30. The number of carbonyl (C=O) groups excluding carboxylic acids is 2. The third-order valence-corrected chi connectivity index (χ3v) is 3.11. The van der Waals surface area contributed by atoms with Crippen molar-refractivity contribution in [2.24, 2.45) is 5.73 Å². The van der Waals surface area contributed by atoms with Gasteiger partial charge in [-0.15, -0.1) is 0 Å². The summed E-state index contributed by atoms with van der Waals surface area (Å²) in [6, 6.07) is 0.223. The number of nitrogens with two attached hydrogens (primary N) is 1. The molecule has 4 N–H and O–H groups in total. The molecule has 1 saturated heterocycles. The van der Waals surface area contributed by atoms with Crippen LogP contribution in [0.4, 0.5) is 4.79 Å². The summed E-state index contributed by atoms with van der Waals surface area (Å²) >= 11 is 0. The third kappa shape index (κ3) is 5.06. The standard InChI is InChI=1S/C13H26N4O2/c1-9(2)15-12(19)17-7-5-10(6-8-17)16-11(18)13(3,4)14/h9-10H,5-8,14H2,1-4H3,(H,15,19)(H,16,18). The molecule has 0 bridgehead atoms. The molecule has 0 aromatic rings. The van der Waals surface area contributed by atoms with Gasteiger partial charge in [-0.05, 0) is 40.5 Å². The Bertz CT molecular complexity index is 328. The van der Waals surface area contributed by atoms with Gasteiger partial charge < -0.3 is 21.3 Å². The van der Waals surface area contributed by atoms with Crippen molar-refractivity contribution >= 4 is 11.9 Å². The summed E-state index contributed by atoms with van der Waals surface area (Å²) in [6.07, 6.45) is 1.54. The summed E-state index contributed by atoms with van der Waals surface area (Å²) in [5.74, 6) is -0.141. The number of hydrogen-bond donors (Lipinski definition) is 3. The van der Waals surface area contributed by atoms with Crippen molar-refractivity contribution in [2.75, 3.05) is 13.1 Å². The van der Waals surface area contributed by atoms with E-state index in [0.29, 0.717) is 13.1 Å². The number of urea groups is 1. The molecule has 0 aliphatic carbocycles. The van der Waals surface area contributed by atoms with Gasteiger partial charge in [0.25, 0.3) is 0 Å². The van der Waals surface area contributed by atoms with Crippen LogP contribution in [0.1, 0.15) is 40.5 Å². The van der Waals surface area contributed by atoms with Crippen LogP contribution in [0, 0.1) is 0 Å². The van der Waals surface area contributed by atoms with E-state index in [0.717, 1.165) is 12.8 Å². The quantitative estimate of drug-likeness (QED) is 0.694. The zero-order chi connectivity index (χ0) is 14.6. The zero-order valence-corrected chi connectivity index (χ0v) is 12.3. The van der Waals surface area contributed by atoms with E-state index in [1.807, 2.05) is 13.8 Å². The number of rotatable bonds is 3. The summed E-state index contributed by atoms with van der Waals surface area (Å²) in [7, 11) is 0.